The molecular weight excluding hydrogens is 355 g/mol. The fourth-order valence-corrected chi connectivity index (χ4v) is 4.93. The molecule has 148 valence electrons. The predicted molar refractivity (Wildman–Crippen MR) is 107 cm³/mol. The van der Waals surface area contributed by atoms with Gasteiger partial charge < -0.3 is 10.4 Å². The zero-order chi connectivity index (χ0) is 19.6. The molecule has 1 aliphatic heterocycles. The lowest BCUT2D eigenvalue weighted by Crippen LogP contribution is -2.56. The van der Waals surface area contributed by atoms with Crippen molar-refractivity contribution in [2.45, 2.75) is 43.7 Å². The third-order valence-corrected chi connectivity index (χ3v) is 6.29. The van der Waals surface area contributed by atoms with Gasteiger partial charge in [-0.25, -0.2) is 4.39 Å². The molecule has 2 aromatic carbocycles. The number of nitrogens with zero attached hydrogens (tertiary/aromatic N) is 1. The molecule has 1 amide bonds. The third kappa shape index (κ3) is 3.96. The minimum absolute atomic E-state index is 0.0602. The summed E-state index contributed by atoms with van der Waals surface area (Å²) in [5.41, 5.74) is 1.06. The second kappa shape index (κ2) is 8.02. The molecule has 0 radical (unpaired) electrons. The second-order valence-electron chi connectivity index (χ2n) is 8.09. The summed E-state index contributed by atoms with van der Waals surface area (Å²) in [4.78, 5) is 14.8. The summed E-state index contributed by atoms with van der Waals surface area (Å²) >= 11 is 0. The van der Waals surface area contributed by atoms with Crippen molar-refractivity contribution < 1.29 is 14.3 Å². The minimum atomic E-state index is -0.691. The molecule has 0 spiro atoms. The molecule has 2 aliphatic rings. The molecule has 1 saturated carbocycles. The average Bonchev–Trinajstić information content (AvgIpc) is 2.69. The van der Waals surface area contributed by atoms with Gasteiger partial charge in [-0.05, 0) is 49.1 Å². The molecule has 0 aromatic heterocycles. The van der Waals surface area contributed by atoms with Crippen molar-refractivity contribution in [3.05, 3.63) is 66.0 Å². The van der Waals surface area contributed by atoms with E-state index in [2.05, 4.69) is 10.2 Å². The highest BCUT2D eigenvalue weighted by Crippen LogP contribution is 2.49. The van der Waals surface area contributed by atoms with Crippen molar-refractivity contribution >= 4 is 11.6 Å². The standard InChI is InChI=1S/C23H27FN2O2/c24-18-11-9-17(10-12-18)22-20-8-4-5-13-23(20,28)14-15-26(22)16-21(27)25-19-6-2-1-3-7-19/h1-3,6-7,9-12,20,22,28H,4-5,8,13-16H2,(H,25,27)/t20-,22-,23+/m0/s1. The first kappa shape index (κ1) is 19.1. The maximum Gasteiger partial charge on any atom is 0.238 e. The number of aliphatic hydroxyl groups is 1. The molecule has 28 heavy (non-hydrogen) atoms. The summed E-state index contributed by atoms with van der Waals surface area (Å²) in [5.74, 6) is -0.281. The molecule has 1 saturated heterocycles. The van der Waals surface area contributed by atoms with E-state index in [9.17, 15) is 14.3 Å². The van der Waals surface area contributed by atoms with Crippen LogP contribution in [-0.4, -0.2) is 34.6 Å². The van der Waals surface area contributed by atoms with Gasteiger partial charge in [0.1, 0.15) is 5.82 Å². The molecule has 5 heteroatoms. The van der Waals surface area contributed by atoms with Crippen molar-refractivity contribution in [1.29, 1.82) is 0 Å². The number of benzene rings is 2. The lowest BCUT2D eigenvalue weighted by molar-refractivity contribution is -0.135. The van der Waals surface area contributed by atoms with Gasteiger partial charge in [0, 0.05) is 24.2 Å². The molecule has 0 bridgehead atoms. The second-order valence-corrected chi connectivity index (χ2v) is 8.09. The first-order valence-electron chi connectivity index (χ1n) is 10.1. The Bertz CT molecular complexity index is 811. The van der Waals surface area contributed by atoms with Crippen molar-refractivity contribution in [1.82, 2.24) is 4.90 Å². The van der Waals surface area contributed by atoms with Crippen LogP contribution in [0.5, 0.6) is 0 Å². The average molecular weight is 382 g/mol. The smallest absolute Gasteiger partial charge is 0.238 e. The van der Waals surface area contributed by atoms with Crippen molar-refractivity contribution in [2.75, 3.05) is 18.4 Å². The SMILES string of the molecule is O=C(CN1CC[C@]2(O)CCCC[C@H]2[C@@H]1c1ccc(F)cc1)Nc1ccccc1. The van der Waals surface area contributed by atoms with Crippen molar-refractivity contribution in [2.24, 2.45) is 5.92 Å². The number of anilines is 1. The highest BCUT2D eigenvalue weighted by molar-refractivity contribution is 5.92. The number of carbonyl (C=O) groups is 1. The zero-order valence-electron chi connectivity index (χ0n) is 16.0. The Hall–Kier alpha value is -2.24. The van der Waals surface area contributed by atoms with Gasteiger partial charge in [-0.15, -0.1) is 0 Å². The van der Waals surface area contributed by atoms with Crippen LogP contribution in [0.2, 0.25) is 0 Å². The highest BCUT2D eigenvalue weighted by atomic mass is 19.1. The minimum Gasteiger partial charge on any atom is -0.389 e. The number of halogens is 1. The van der Waals surface area contributed by atoms with Crippen LogP contribution in [-0.2, 0) is 4.79 Å². The molecule has 3 atom stereocenters. The number of rotatable bonds is 4. The molecular formula is C23H27FN2O2. The van der Waals surface area contributed by atoms with Crippen LogP contribution in [0.3, 0.4) is 0 Å². The summed E-state index contributed by atoms with van der Waals surface area (Å²) in [5, 5.41) is 14.2. The summed E-state index contributed by atoms with van der Waals surface area (Å²) in [6.07, 6.45) is 4.52. The van der Waals surface area contributed by atoms with Gasteiger partial charge in [-0.2, -0.15) is 0 Å². The van der Waals surface area contributed by atoms with E-state index in [1.165, 1.54) is 12.1 Å². The summed E-state index contributed by atoms with van der Waals surface area (Å²) in [6, 6.07) is 15.9. The Labute approximate surface area is 165 Å². The van der Waals surface area contributed by atoms with E-state index in [0.29, 0.717) is 13.0 Å². The van der Waals surface area contributed by atoms with Crippen LogP contribution in [0.1, 0.15) is 43.7 Å². The normalized spacial score (nSPS) is 27.8. The van der Waals surface area contributed by atoms with Crippen molar-refractivity contribution in [3.63, 3.8) is 0 Å². The van der Waals surface area contributed by atoms with Crippen LogP contribution >= 0.6 is 0 Å². The van der Waals surface area contributed by atoms with E-state index >= 15 is 0 Å². The fourth-order valence-electron chi connectivity index (χ4n) is 4.93. The zero-order valence-corrected chi connectivity index (χ0v) is 16.0. The maximum atomic E-state index is 13.5. The fraction of sp³-hybridized carbons (Fsp3) is 0.435. The number of nitrogens with one attached hydrogen (secondary N) is 1. The van der Waals surface area contributed by atoms with Crippen LogP contribution in [0.25, 0.3) is 0 Å². The number of hydrogen-bond donors (Lipinski definition) is 2. The maximum absolute atomic E-state index is 13.5. The van der Waals surface area contributed by atoms with Crippen molar-refractivity contribution in [3.8, 4) is 0 Å². The highest BCUT2D eigenvalue weighted by Gasteiger charge is 2.49. The van der Waals surface area contributed by atoms with Gasteiger partial charge >= 0.3 is 0 Å². The Morgan fingerprint density at radius 1 is 1.11 bits per heavy atom. The van der Waals surface area contributed by atoms with E-state index in [4.69, 9.17) is 0 Å². The van der Waals surface area contributed by atoms with Gasteiger partial charge in [0.05, 0.1) is 12.1 Å². The molecule has 2 aromatic rings. The quantitative estimate of drug-likeness (QED) is 0.836. The van der Waals surface area contributed by atoms with Gasteiger partial charge in [-0.3, -0.25) is 9.69 Å². The largest absolute Gasteiger partial charge is 0.389 e. The van der Waals surface area contributed by atoms with Crippen LogP contribution in [0.15, 0.2) is 54.6 Å². The first-order valence-corrected chi connectivity index (χ1v) is 10.1. The predicted octanol–water partition coefficient (Wildman–Crippen LogP) is 4.13. The molecule has 0 unspecified atom stereocenters. The molecule has 1 heterocycles. The summed E-state index contributed by atoms with van der Waals surface area (Å²) in [6.45, 7) is 0.904. The van der Waals surface area contributed by atoms with Crippen LogP contribution in [0, 0.1) is 11.7 Å². The number of likely N-dealkylation sites (tertiary alicyclic amines) is 1. The molecule has 2 N–H and O–H groups in total. The van der Waals surface area contributed by atoms with Gasteiger partial charge in [0.15, 0.2) is 0 Å². The number of carbonyl (C=O) groups excluding carboxylic acids is 1. The first-order chi connectivity index (χ1) is 13.5. The Morgan fingerprint density at radius 2 is 1.86 bits per heavy atom. The topological polar surface area (TPSA) is 52.6 Å². The monoisotopic (exact) mass is 382 g/mol. The van der Waals surface area contributed by atoms with Gasteiger partial charge in [0.2, 0.25) is 5.91 Å². The lowest BCUT2D eigenvalue weighted by atomic mass is 9.66. The van der Waals surface area contributed by atoms with E-state index < -0.39 is 5.60 Å². The molecule has 4 rings (SSSR count). The van der Waals surface area contributed by atoms with E-state index in [1.54, 1.807) is 12.1 Å². The summed E-state index contributed by atoms with van der Waals surface area (Å²) < 4.78 is 13.5. The lowest BCUT2D eigenvalue weighted by Gasteiger charge is -2.52. The molecule has 1 aliphatic carbocycles. The molecule has 4 nitrogen and oxygen atoms in total. The van der Waals surface area contributed by atoms with Gasteiger partial charge in [0.25, 0.3) is 0 Å². The number of piperidine rings is 1. The third-order valence-electron chi connectivity index (χ3n) is 6.29. The Kier molecular flexibility index (Phi) is 5.47. The number of para-hydroxylation sites is 1. The van der Waals surface area contributed by atoms with Gasteiger partial charge in [-0.1, -0.05) is 43.2 Å². The van der Waals surface area contributed by atoms with Crippen LogP contribution in [0.4, 0.5) is 10.1 Å². The number of amides is 1. The molecule has 2 fully saturated rings. The number of fused-ring (bicyclic) bond motifs is 1. The van der Waals surface area contributed by atoms with E-state index in [0.717, 1.165) is 36.9 Å². The van der Waals surface area contributed by atoms with Crippen LogP contribution < -0.4 is 5.32 Å². The Balaban J connectivity index is 1.57. The van der Waals surface area contributed by atoms with E-state index in [1.807, 2.05) is 30.3 Å². The number of hydrogen-bond acceptors (Lipinski definition) is 3. The summed E-state index contributed by atoms with van der Waals surface area (Å²) in [7, 11) is 0. The van der Waals surface area contributed by atoms with E-state index in [-0.39, 0.29) is 30.2 Å². The Morgan fingerprint density at radius 3 is 2.61 bits per heavy atom.